The van der Waals surface area contributed by atoms with Gasteiger partial charge >= 0.3 is 0 Å². The van der Waals surface area contributed by atoms with E-state index in [2.05, 4.69) is 61.1 Å². The summed E-state index contributed by atoms with van der Waals surface area (Å²) in [7, 11) is 0. The van der Waals surface area contributed by atoms with Crippen LogP contribution in [0.4, 0.5) is 0 Å². The summed E-state index contributed by atoms with van der Waals surface area (Å²) < 4.78 is 6.34. The summed E-state index contributed by atoms with van der Waals surface area (Å²) in [5, 5.41) is 11.6. The van der Waals surface area contributed by atoms with E-state index in [9.17, 15) is 5.26 Å². The molecule has 0 atom stereocenters. The average molecular weight is 748 g/mol. The van der Waals surface area contributed by atoms with Crippen molar-refractivity contribution in [2.24, 2.45) is 0 Å². The molecule has 7 aromatic rings. The van der Waals surface area contributed by atoms with Crippen molar-refractivity contribution < 1.29 is 24.5 Å². The molecule has 3 aromatic heterocycles. The minimum Gasteiger partial charge on any atom is -0.500 e. The summed E-state index contributed by atoms with van der Waals surface area (Å²) in [4.78, 5) is 8.92. The van der Waals surface area contributed by atoms with Gasteiger partial charge in [0.1, 0.15) is 5.58 Å². The van der Waals surface area contributed by atoms with Crippen LogP contribution in [0.25, 0.3) is 55.6 Å². The zero-order chi connectivity index (χ0) is 29.8. The predicted molar refractivity (Wildman–Crippen MR) is 173 cm³/mol. The number of hydrogen-bond acceptors (Lipinski definition) is 4. The smallest absolute Gasteiger partial charge is 0.130 e. The monoisotopic (exact) mass is 748 g/mol. The Balaban J connectivity index is 0.000000194. The first-order valence-corrected chi connectivity index (χ1v) is 14.1. The van der Waals surface area contributed by atoms with Crippen molar-refractivity contribution in [3.8, 4) is 39.7 Å². The van der Waals surface area contributed by atoms with Crippen LogP contribution in [-0.2, 0) is 25.5 Å². The van der Waals surface area contributed by atoms with Crippen molar-refractivity contribution in [1.82, 2.24) is 9.97 Å². The molecule has 0 aliphatic carbocycles. The van der Waals surface area contributed by atoms with Crippen LogP contribution in [0.15, 0.2) is 126 Å². The number of rotatable bonds is 3. The number of hydrogen-bond donors (Lipinski definition) is 0. The number of furan rings is 1. The van der Waals surface area contributed by atoms with E-state index >= 15 is 0 Å². The third-order valence-corrected chi connectivity index (χ3v) is 7.32. The molecule has 0 aliphatic heterocycles. The molecule has 44 heavy (non-hydrogen) atoms. The quantitative estimate of drug-likeness (QED) is 0.169. The van der Waals surface area contributed by atoms with E-state index in [0.29, 0.717) is 11.1 Å². The van der Waals surface area contributed by atoms with Crippen LogP contribution in [0.2, 0.25) is 0 Å². The molecule has 4 nitrogen and oxygen atoms in total. The van der Waals surface area contributed by atoms with Gasteiger partial charge in [-0.1, -0.05) is 92.4 Å². The molecule has 0 amide bonds. The maximum atomic E-state index is 9.64. The van der Waals surface area contributed by atoms with Gasteiger partial charge in [0.05, 0.1) is 17.2 Å². The molecule has 1 radical (unpaired) electrons. The van der Waals surface area contributed by atoms with Gasteiger partial charge < -0.3 is 14.4 Å². The van der Waals surface area contributed by atoms with E-state index in [-0.39, 0.29) is 25.5 Å². The standard InChI is InChI=1S/C24H13N2O.C15H16N.Ir/c25-15-17-12-13-19-18-9-6-10-20(21-11-4-5-14-26-21)23(18)27-24(19)22(17)16-7-2-1-3-8-16;1-15(2,3)13-9-10-14(16-11-13)12-7-5-4-6-8-12;/h1-9,11-14H;4-7,9-11H,1-3H3;/q2*-1;. The zero-order valence-electron chi connectivity index (χ0n) is 24.6. The van der Waals surface area contributed by atoms with Crippen molar-refractivity contribution in [1.29, 1.82) is 5.26 Å². The second-order valence-electron chi connectivity index (χ2n) is 11.2. The third kappa shape index (κ3) is 6.24. The van der Waals surface area contributed by atoms with Crippen LogP contribution in [0, 0.1) is 23.5 Å². The molecule has 5 heteroatoms. The second kappa shape index (κ2) is 13.2. The molecular weight excluding hydrogens is 719 g/mol. The second-order valence-corrected chi connectivity index (χ2v) is 11.2. The van der Waals surface area contributed by atoms with E-state index in [0.717, 1.165) is 50.0 Å². The topological polar surface area (TPSA) is 62.7 Å². The molecule has 7 rings (SSSR count). The van der Waals surface area contributed by atoms with Gasteiger partial charge in [0.15, 0.2) is 0 Å². The number of benzene rings is 4. The van der Waals surface area contributed by atoms with Crippen LogP contribution in [0.3, 0.4) is 0 Å². The van der Waals surface area contributed by atoms with Gasteiger partial charge in [-0.3, -0.25) is 0 Å². The van der Waals surface area contributed by atoms with Gasteiger partial charge in [0.2, 0.25) is 0 Å². The third-order valence-electron chi connectivity index (χ3n) is 7.32. The van der Waals surface area contributed by atoms with Crippen LogP contribution >= 0.6 is 0 Å². The van der Waals surface area contributed by atoms with Crippen molar-refractivity contribution >= 4 is 21.9 Å². The summed E-state index contributed by atoms with van der Waals surface area (Å²) in [6, 6.07) is 44.2. The number of fused-ring (bicyclic) bond motifs is 3. The fourth-order valence-corrected chi connectivity index (χ4v) is 5.04. The van der Waals surface area contributed by atoms with E-state index in [1.54, 1.807) is 6.20 Å². The fraction of sp³-hybridized carbons (Fsp3) is 0.103. The summed E-state index contributed by atoms with van der Waals surface area (Å²) in [6.07, 6.45) is 3.71. The molecule has 3 heterocycles. The minimum absolute atomic E-state index is 0. The Hall–Kier alpha value is -4.88. The van der Waals surface area contributed by atoms with Gasteiger partial charge in [0, 0.05) is 43.4 Å². The van der Waals surface area contributed by atoms with E-state index in [1.165, 1.54) is 5.56 Å². The summed E-state index contributed by atoms with van der Waals surface area (Å²) >= 11 is 0. The normalized spacial score (nSPS) is 10.9. The van der Waals surface area contributed by atoms with Crippen molar-refractivity contribution in [2.75, 3.05) is 0 Å². The molecule has 0 N–H and O–H groups in total. The Morgan fingerprint density at radius 3 is 2.14 bits per heavy atom. The Morgan fingerprint density at radius 1 is 0.705 bits per heavy atom. The summed E-state index contributed by atoms with van der Waals surface area (Å²) in [5.74, 6) is 0. The first kappa shape index (κ1) is 30.6. The maximum absolute atomic E-state index is 9.64. The van der Waals surface area contributed by atoms with Crippen LogP contribution in [-0.4, -0.2) is 9.97 Å². The van der Waals surface area contributed by atoms with Gasteiger partial charge in [-0.25, -0.2) is 0 Å². The Kier molecular flexibility index (Phi) is 9.16. The van der Waals surface area contributed by atoms with E-state index < -0.39 is 0 Å². The Morgan fingerprint density at radius 2 is 1.48 bits per heavy atom. The number of aromatic nitrogens is 2. The fourth-order valence-electron chi connectivity index (χ4n) is 5.04. The van der Waals surface area contributed by atoms with E-state index in [4.69, 9.17) is 4.42 Å². The average Bonchev–Trinajstić information content (AvgIpc) is 3.44. The first-order valence-electron chi connectivity index (χ1n) is 14.1. The maximum Gasteiger partial charge on any atom is 0.130 e. The molecule has 0 aliphatic rings. The molecule has 0 fully saturated rings. The SMILES string of the molecule is CC(C)(C)c1ccc(-c2[c-]cccc2)nc1.N#Cc1ccc2c(oc3c(-c4ccccn4)[c-]ccc32)c1-c1ccccc1.[Ir]. The number of pyridine rings is 2. The van der Waals surface area contributed by atoms with Gasteiger partial charge in [-0.2, -0.15) is 5.26 Å². The van der Waals surface area contributed by atoms with Crippen LogP contribution < -0.4 is 0 Å². The predicted octanol–water partition coefficient (Wildman–Crippen LogP) is 9.83. The minimum atomic E-state index is 0. The van der Waals surface area contributed by atoms with Gasteiger partial charge in [-0.05, 0) is 40.1 Å². The molecular formula is C39H29IrN3O-2. The summed E-state index contributed by atoms with van der Waals surface area (Å²) in [6.45, 7) is 6.58. The molecule has 217 valence electrons. The van der Waals surface area contributed by atoms with Crippen molar-refractivity contribution in [3.05, 3.63) is 145 Å². The largest absolute Gasteiger partial charge is 0.500 e. The molecule has 0 bridgehead atoms. The molecule has 0 saturated heterocycles. The Labute approximate surface area is 271 Å². The number of nitrogens with zero attached hydrogens (tertiary/aromatic N) is 3. The number of nitriles is 1. The summed E-state index contributed by atoms with van der Waals surface area (Å²) in [5.41, 5.74) is 8.89. The van der Waals surface area contributed by atoms with E-state index in [1.807, 2.05) is 103 Å². The van der Waals surface area contributed by atoms with Crippen molar-refractivity contribution in [2.45, 2.75) is 26.2 Å². The Bertz CT molecular complexity index is 2040. The van der Waals surface area contributed by atoms with Crippen molar-refractivity contribution in [3.63, 3.8) is 0 Å². The molecule has 0 saturated carbocycles. The molecule has 4 aromatic carbocycles. The van der Waals surface area contributed by atoms with Crippen LogP contribution in [0.5, 0.6) is 0 Å². The molecule has 0 unspecified atom stereocenters. The van der Waals surface area contributed by atoms with Crippen LogP contribution in [0.1, 0.15) is 31.9 Å². The molecule has 0 spiro atoms. The zero-order valence-corrected chi connectivity index (χ0v) is 27.0. The van der Waals surface area contributed by atoms with Gasteiger partial charge in [0.25, 0.3) is 0 Å². The first-order chi connectivity index (χ1) is 20.9. The van der Waals surface area contributed by atoms with Gasteiger partial charge in [-0.15, -0.1) is 54.1 Å².